The number of sulfone groups is 1. The molecule has 0 fully saturated rings. The monoisotopic (exact) mass is 318 g/mol. The second kappa shape index (κ2) is 6.70. The van der Waals surface area contributed by atoms with Gasteiger partial charge in [-0.2, -0.15) is 0 Å². The molecule has 1 unspecified atom stereocenters. The van der Waals surface area contributed by atoms with E-state index in [0.29, 0.717) is 11.1 Å². The van der Waals surface area contributed by atoms with Crippen LogP contribution in [0.1, 0.15) is 34.5 Å². The van der Waals surface area contributed by atoms with Crippen LogP contribution >= 0.6 is 0 Å². The van der Waals surface area contributed by atoms with Crippen molar-refractivity contribution < 1.29 is 13.2 Å². The highest BCUT2D eigenvalue weighted by Crippen LogP contribution is 2.12. The summed E-state index contributed by atoms with van der Waals surface area (Å²) in [7, 11) is -3.07. The van der Waals surface area contributed by atoms with Gasteiger partial charge in [0.05, 0.1) is 11.8 Å². The molecule has 0 aliphatic rings. The van der Waals surface area contributed by atoms with Crippen LogP contribution in [0, 0.1) is 0 Å². The minimum absolute atomic E-state index is 0.0268. The minimum atomic E-state index is -3.07. The molecule has 0 radical (unpaired) electrons. The van der Waals surface area contributed by atoms with Crippen LogP contribution in [-0.4, -0.2) is 25.6 Å². The number of benzene rings is 1. The molecular formula is C16H18N2O3S. The Kier molecular flexibility index (Phi) is 4.92. The van der Waals surface area contributed by atoms with Crippen molar-refractivity contribution in [1.82, 2.24) is 10.3 Å². The summed E-state index contributed by atoms with van der Waals surface area (Å²) in [6.45, 7) is 1.88. The molecule has 1 aromatic carbocycles. The van der Waals surface area contributed by atoms with Crippen molar-refractivity contribution in [2.24, 2.45) is 0 Å². The largest absolute Gasteiger partial charge is 0.345 e. The van der Waals surface area contributed by atoms with E-state index in [4.69, 9.17) is 0 Å². The van der Waals surface area contributed by atoms with E-state index in [-0.39, 0.29) is 17.7 Å². The molecule has 1 N–H and O–H groups in total. The van der Waals surface area contributed by atoms with E-state index < -0.39 is 9.84 Å². The molecule has 1 heterocycles. The van der Waals surface area contributed by atoms with Crippen molar-refractivity contribution in [3.63, 3.8) is 0 Å². The number of amides is 1. The summed E-state index contributed by atoms with van der Waals surface area (Å²) in [4.78, 5) is 16.2. The Balaban J connectivity index is 2.04. The maximum Gasteiger partial charge on any atom is 0.251 e. The molecule has 1 amide bonds. The second-order valence-corrected chi connectivity index (χ2v) is 7.39. The van der Waals surface area contributed by atoms with Crippen LogP contribution in [0.4, 0.5) is 0 Å². The van der Waals surface area contributed by atoms with Crippen LogP contribution in [0.2, 0.25) is 0 Å². The Labute approximate surface area is 130 Å². The Hall–Kier alpha value is -2.21. The molecule has 22 heavy (non-hydrogen) atoms. The molecule has 6 heteroatoms. The number of pyridine rings is 1. The molecule has 2 rings (SSSR count). The van der Waals surface area contributed by atoms with Crippen molar-refractivity contribution in [3.8, 4) is 0 Å². The number of aromatic nitrogens is 1. The van der Waals surface area contributed by atoms with E-state index in [9.17, 15) is 13.2 Å². The first-order chi connectivity index (χ1) is 10.3. The summed E-state index contributed by atoms with van der Waals surface area (Å²) < 4.78 is 22.5. The Morgan fingerprint density at radius 2 is 1.91 bits per heavy atom. The van der Waals surface area contributed by atoms with E-state index in [0.717, 1.165) is 5.56 Å². The average molecular weight is 318 g/mol. The molecule has 1 atom stereocenters. The highest BCUT2D eigenvalue weighted by atomic mass is 32.2. The summed E-state index contributed by atoms with van der Waals surface area (Å²) in [5.41, 5.74) is 2.08. The molecule has 0 aliphatic heterocycles. The first-order valence-electron chi connectivity index (χ1n) is 6.82. The number of hydrogen-bond acceptors (Lipinski definition) is 4. The van der Waals surface area contributed by atoms with E-state index in [1.54, 1.807) is 36.7 Å². The van der Waals surface area contributed by atoms with Gasteiger partial charge in [-0.05, 0) is 36.2 Å². The van der Waals surface area contributed by atoms with Gasteiger partial charge in [-0.1, -0.05) is 18.2 Å². The van der Waals surface area contributed by atoms with Crippen LogP contribution in [0.5, 0.6) is 0 Å². The third kappa shape index (κ3) is 4.66. The number of carbonyl (C=O) groups excluding carboxylic acids is 1. The fourth-order valence-electron chi connectivity index (χ4n) is 2.05. The van der Waals surface area contributed by atoms with Crippen molar-refractivity contribution in [1.29, 1.82) is 0 Å². The predicted octanol–water partition coefficient (Wildman–Crippen LogP) is 2.12. The number of nitrogens with zero attached hydrogens (tertiary/aromatic N) is 1. The first kappa shape index (κ1) is 16.2. The van der Waals surface area contributed by atoms with E-state index in [2.05, 4.69) is 10.3 Å². The predicted molar refractivity (Wildman–Crippen MR) is 85.1 cm³/mol. The van der Waals surface area contributed by atoms with Crippen LogP contribution in [0.25, 0.3) is 0 Å². The van der Waals surface area contributed by atoms with Gasteiger partial charge in [0, 0.05) is 24.2 Å². The van der Waals surface area contributed by atoms with Crippen LogP contribution < -0.4 is 5.32 Å². The van der Waals surface area contributed by atoms with Gasteiger partial charge in [-0.25, -0.2) is 8.42 Å². The highest BCUT2D eigenvalue weighted by Gasteiger charge is 2.12. The Morgan fingerprint density at radius 3 is 2.45 bits per heavy atom. The molecular weight excluding hydrogens is 300 g/mol. The fraction of sp³-hybridized carbons (Fsp3) is 0.250. The van der Waals surface area contributed by atoms with Gasteiger partial charge in [0.1, 0.15) is 0 Å². The molecule has 0 saturated carbocycles. The smallest absolute Gasteiger partial charge is 0.251 e. The van der Waals surface area contributed by atoms with Crippen molar-refractivity contribution >= 4 is 15.7 Å². The lowest BCUT2D eigenvalue weighted by Gasteiger charge is -2.14. The third-order valence-electron chi connectivity index (χ3n) is 3.18. The van der Waals surface area contributed by atoms with Gasteiger partial charge in [0.15, 0.2) is 9.84 Å². The number of nitrogens with one attached hydrogen (secondary N) is 1. The van der Waals surface area contributed by atoms with Crippen molar-refractivity contribution in [3.05, 3.63) is 65.5 Å². The van der Waals surface area contributed by atoms with Gasteiger partial charge in [-0.15, -0.1) is 0 Å². The lowest BCUT2D eigenvalue weighted by Crippen LogP contribution is -2.26. The number of rotatable bonds is 5. The summed E-state index contributed by atoms with van der Waals surface area (Å²) in [6.07, 6.45) is 4.57. The zero-order chi connectivity index (χ0) is 16.2. The molecule has 0 saturated heterocycles. The maximum absolute atomic E-state index is 12.2. The second-order valence-electron chi connectivity index (χ2n) is 5.25. The molecule has 5 nitrogen and oxygen atoms in total. The zero-order valence-electron chi connectivity index (χ0n) is 12.5. The molecule has 0 spiro atoms. The lowest BCUT2D eigenvalue weighted by atomic mass is 10.1. The number of carbonyl (C=O) groups is 1. The van der Waals surface area contributed by atoms with Gasteiger partial charge >= 0.3 is 0 Å². The van der Waals surface area contributed by atoms with Crippen LogP contribution in [-0.2, 0) is 15.6 Å². The van der Waals surface area contributed by atoms with Gasteiger partial charge < -0.3 is 5.32 Å². The lowest BCUT2D eigenvalue weighted by molar-refractivity contribution is 0.0940. The molecule has 2 aromatic rings. The zero-order valence-corrected chi connectivity index (χ0v) is 13.3. The average Bonchev–Trinajstić information content (AvgIpc) is 2.47. The maximum atomic E-state index is 12.2. The normalized spacial score (nSPS) is 12.6. The summed E-state index contributed by atoms with van der Waals surface area (Å²) >= 11 is 0. The molecule has 0 bridgehead atoms. The third-order valence-corrected chi connectivity index (χ3v) is 4.03. The van der Waals surface area contributed by atoms with Gasteiger partial charge in [-0.3, -0.25) is 9.78 Å². The fourth-order valence-corrected chi connectivity index (χ4v) is 2.85. The van der Waals surface area contributed by atoms with Crippen LogP contribution in [0.15, 0.2) is 48.8 Å². The standard InChI is InChI=1S/C16H18N2O3S/c1-12(15-4-3-9-17-10-15)18-16(19)14-7-5-13(6-8-14)11-22(2,20)21/h3-10,12H,11H2,1-2H3,(H,18,19). The van der Waals surface area contributed by atoms with Gasteiger partial charge in [0.2, 0.25) is 0 Å². The first-order valence-corrected chi connectivity index (χ1v) is 8.88. The van der Waals surface area contributed by atoms with Gasteiger partial charge in [0.25, 0.3) is 5.91 Å². The molecule has 0 aliphatic carbocycles. The van der Waals surface area contributed by atoms with E-state index in [1.807, 2.05) is 19.1 Å². The quantitative estimate of drug-likeness (QED) is 0.916. The van der Waals surface area contributed by atoms with Crippen LogP contribution in [0.3, 0.4) is 0 Å². The Morgan fingerprint density at radius 1 is 1.23 bits per heavy atom. The summed E-state index contributed by atoms with van der Waals surface area (Å²) in [5, 5.41) is 2.88. The molecule has 116 valence electrons. The molecule has 1 aromatic heterocycles. The number of hydrogen-bond donors (Lipinski definition) is 1. The summed E-state index contributed by atoms with van der Waals surface area (Å²) in [5.74, 6) is -0.233. The van der Waals surface area contributed by atoms with E-state index in [1.165, 1.54) is 6.26 Å². The summed E-state index contributed by atoms with van der Waals surface area (Å²) in [6, 6.07) is 10.1. The van der Waals surface area contributed by atoms with E-state index >= 15 is 0 Å². The van der Waals surface area contributed by atoms with Crippen molar-refractivity contribution in [2.75, 3.05) is 6.26 Å². The topological polar surface area (TPSA) is 76.1 Å². The SMILES string of the molecule is CC(NC(=O)c1ccc(CS(C)(=O)=O)cc1)c1cccnc1. The minimum Gasteiger partial charge on any atom is -0.345 e. The Bertz CT molecular complexity index is 741. The highest BCUT2D eigenvalue weighted by molar-refractivity contribution is 7.89. The van der Waals surface area contributed by atoms with Crippen molar-refractivity contribution in [2.45, 2.75) is 18.7 Å².